The molecule has 1 heterocycles. The number of nitrogens with two attached hydrogens (primary N) is 1. The van der Waals surface area contributed by atoms with Gasteiger partial charge in [-0.05, 0) is 19.3 Å². The van der Waals surface area contributed by atoms with Crippen molar-refractivity contribution in [1.29, 1.82) is 0 Å². The monoisotopic (exact) mass is 226 g/mol. The molecule has 0 aromatic carbocycles. The van der Waals surface area contributed by atoms with Gasteiger partial charge in [0, 0.05) is 0 Å². The van der Waals surface area contributed by atoms with Crippen LogP contribution in [-0.4, -0.2) is 40.1 Å². The zero-order valence-corrected chi connectivity index (χ0v) is 10.0. The van der Waals surface area contributed by atoms with Crippen molar-refractivity contribution in [2.24, 2.45) is 5.73 Å². The van der Waals surface area contributed by atoms with E-state index < -0.39 is 11.1 Å². The minimum atomic E-state index is -0.652. The fraction of sp³-hybridized carbons (Fsp3) is 0.917. The Morgan fingerprint density at radius 2 is 1.88 bits per heavy atom. The van der Waals surface area contributed by atoms with Gasteiger partial charge in [-0.25, -0.2) is 0 Å². The van der Waals surface area contributed by atoms with Crippen LogP contribution in [0.2, 0.25) is 0 Å². The van der Waals surface area contributed by atoms with Crippen molar-refractivity contribution < 1.29 is 9.90 Å². The summed E-state index contributed by atoms with van der Waals surface area (Å²) >= 11 is 0. The molecule has 1 amide bonds. The average molecular weight is 226 g/mol. The number of amides is 1. The van der Waals surface area contributed by atoms with Crippen LogP contribution < -0.4 is 5.73 Å². The Balaban J connectivity index is 1.94. The van der Waals surface area contributed by atoms with Gasteiger partial charge in [-0.3, -0.25) is 4.79 Å². The van der Waals surface area contributed by atoms with E-state index in [4.69, 9.17) is 5.73 Å². The molecule has 0 unspecified atom stereocenters. The minimum absolute atomic E-state index is 0.0466. The van der Waals surface area contributed by atoms with Crippen molar-refractivity contribution in [2.75, 3.05) is 13.1 Å². The van der Waals surface area contributed by atoms with Crippen molar-refractivity contribution in [3.63, 3.8) is 0 Å². The van der Waals surface area contributed by atoms with Crippen LogP contribution in [0.25, 0.3) is 0 Å². The molecule has 0 atom stereocenters. The van der Waals surface area contributed by atoms with Gasteiger partial charge in [-0.2, -0.15) is 0 Å². The molecule has 2 rings (SSSR count). The van der Waals surface area contributed by atoms with Gasteiger partial charge in [-0.1, -0.05) is 26.2 Å². The number of hydrogen-bond acceptors (Lipinski definition) is 3. The van der Waals surface area contributed by atoms with E-state index in [-0.39, 0.29) is 5.91 Å². The number of carbonyl (C=O) groups is 1. The quantitative estimate of drug-likeness (QED) is 0.726. The van der Waals surface area contributed by atoms with Crippen LogP contribution in [0.15, 0.2) is 0 Å². The van der Waals surface area contributed by atoms with E-state index in [0.717, 1.165) is 25.7 Å². The van der Waals surface area contributed by atoms with Gasteiger partial charge >= 0.3 is 0 Å². The lowest BCUT2D eigenvalue weighted by Crippen LogP contribution is -2.68. The third kappa shape index (κ3) is 1.96. The van der Waals surface area contributed by atoms with Gasteiger partial charge < -0.3 is 15.7 Å². The highest BCUT2D eigenvalue weighted by Gasteiger charge is 2.47. The Hall–Kier alpha value is -0.610. The molecule has 1 saturated heterocycles. The van der Waals surface area contributed by atoms with Gasteiger partial charge in [-0.15, -0.1) is 0 Å². The summed E-state index contributed by atoms with van der Waals surface area (Å²) in [5.74, 6) is 0.0466. The molecule has 1 aliphatic heterocycles. The van der Waals surface area contributed by atoms with E-state index in [2.05, 4.69) is 0 Å². The van der Waals surface area contributed by atoms with E-state index in [1.807, 2.05) is 6.92 Å². The first kappa shape index (κ1) is 11.9. The molecule has 0 bridgehead atoms. The summed E-state index contributed by atoms with van der Waals surface area (Å²) < 4.78 is 0. The van der Waals surface area contributed by atoms with E-state index in [1.165, 1.54) is 6.42 Å². The fourth-order valence-electron chi connectivity index (χ4n) is 2.74. The molecule has 4 heteroatoms. The van der Waals surface area contributed by atoms with E-state index in [9.17, 15) is 9.90 Å². The third-order valence-corrected chi connectivity index (χ3v) is 4.09. The van der Waals surface area contributed by atoms with Gasteiger partial charge in [0.25, 0.3) is 0 Å². The Morgan fingerprint density at radius 3 is 2.38 bits per heavy atom. The zero-order valence-electron chi connectivity index (χ0n) is 10.0. The van der Waals surface area contributed by atoms with Gasteiger partial charge in [0.15, 0.2) is 0 Å². The Bertz CT molecular complexity index is 279. The number of likely N-dealkylation sites (tertiary alicyclic amines) is 1. The Labute approximate surface area is 96.8 Å². The van der Waals surface area contributed by atoms with Crippen LogP contribution in [0.4, 0.5) is 0 Å². The second-order valence-corrected chi connectivity index (χ2v) is 5.46. The summed E-state index contributed by atoms with van der Waals surface area (Å²) in [7, 11) is 0. The molecule has 0 aromatic rings. The summed E-state index contributed by atoms with van der Waals surface area (Å²) in [6.45, 7) is 2.86. The summed E-state index contributed by atoms with van der Waals surface area (Å²) in [6, 6.07) is 0. The second-order valence-electron chi connectivity index (χ2n) is 5.46. The van der Waals surface area contributed by atoms with Crippen LogP contribution >= 0.6 is 0 Å². The normalized spacial score (nSPS) is 27.3. The molecule has 1 aliphatic carbocycles. The molecule has 2 aliphatic rings. The van der Waals surface area contributed by atoms with Crippen molar-refractivity contribution in [2.45, 2.75) is 56.6 Å². The molecule has 0 aromatic heterocycles. The molecule has 0 spiro atoms. The molecular formula is C12H22N2O2. The first-order valence-electron chi connectivity index (χ1n) is 6.30. The van der Waals surface area contributed by atoms with Crippen LogP contribution in [0.5, 0.6) is 0 Å². The summed E-state index contributed by atoms with van der Waals surface area (Å²) in [4.78, 5) is 13.9. The maximum absolute atomic E-state index is 12.2. The standard InChI is InChI=1S/C12H22N2O2/c1-2-11(16)8-14(9-11)10(15)12(13)6-4-3-5-7-12/h16H,2-9,13H2,1H3. The SMILES string of the molecule is CCC1(O)CN(C(=O)C2(N)CCCCC2)C1. The largest absolute Gasteiger partial charge is 0.386 e. The average Bonchev–Trinajstić information content (AvgIpc) is 2.25. The molecule has 16 heavy (non-hydrogen) atoms. The topological polar surface area (TPSA) is 66.6 Å². The molecule has 4 nitrogen and oxygen atoms in total. The van der Waals surface area contributed by atoms with E-state index in [0.29, 0.717) is 19.5 Å². The highest BCUT2D eigenvalue weighted by atomic mass is 16.3. The minimum Gasteiger partial charge on any atom is -0.386 e. The lowest BCUT2D eigenvalue weighted by molar-refractivity contribution is -0.162. The molecule has 92 valence electrons. The fourth-order valence-corrected chi connectivity index (χ4v) is 2.74. The van der Waals surface area contributed by atoms with Gasteiger partial charge in [0.2, 0.25) is 5.91 Å². The number of aliphatic hydroxyl groups is 1. The number of nitrogens with zero attached hydrogens (tertiary/aromatic N) is 1. The Kier molecular flexibility index (Phi) is 2.97. The van der Waals surface area contributed by atoms with Crippen LogP contribution in [0, 0.1) is 0 Å². The smallest absolute Gasteiger partial charge is 0.242 e. The lowest BCUT2D eigenvalue weighted by atomic mass is 9.79. The van der Waals surface area contributed by atoms with Crippen molar-refractivity contribution >= 4 is 5.91 Å². The highest BCUT2D eigenvalue weighted by Crippen LogP contribution is 2.32. The summed E-state index contributed by atoms with van der Waals surface area (Å²) in [5.41, 5.74) is 4.87. The van der Waals surface area contributed by atoms with Gasteiger partial charge in [0.05, 0.1) is 24.2 Å². The zero-order chi connectivity index (χ0) is 11.8. The summed E-state index contributed by atoms with van der Waals surface area (Å²) in [5, 5.41) is 9.89. The molecule has 0 radical (unpaired) electrons. The lowest BCUT2D eigenvalue weighted by Gasteiger charge is -2.49. The first-order valence-corrected chi connectivity index (χ1v) is 6.30. The maximum Gasteiger partial charge on any atom is 0.242 e. The molecular weight excluding hydrogens is 204 g/mol. The van der Waals surface area contributed by atoms with Gasteiger partial charge in [0.1, 0.15) is 0 Å². The Morgan fingerprint density at radius 1 is 1.31 bits per heavy atom. The van der Waals surface area contributed by atoms with Crippen LogP contribution in [0.1, 0.15) is 45.4 Å². The number of hydrogen-bond donors (Lipinski definition) is 2. The summed E-state index contributed by atoms with van der Waals surface area (Å²) in [6.07, 6.45) is 5.58. The molecule has 3 N–H and O–H groups in total. The first-order chi connectivity index (χ1) is 7.49. The number of β-amino-alcohol motifs (C(OH)–C–C–N with tert-alkyl or cyclic N) is 1. The predicted molar refractivity (Wildman–Crippen MR) is 61.8 cm³/mol. The van der Waals surface area contributed by atoms with E-state index >= 15 is 0 Å². The second kappa shape index (κ2) is 4.00. The van der Waals surface area contributed by atoms with Crippen molar-refractivity contribution in [1.82, 2.24) is 4.90 Å². The van der Waals surface area contributed by atoms with Crippen molar-refractivity contribution in [3.05, 3.63) is 0 Å². The molecule has 2 fully saturated rings. The van der Waals surface area contributed by atoms with Crippen molar-refractivity contribution in [3.8, 4) is 0 Å². The molecule has 1 saturated carbocycles. The van der Waals surface area contributed by atoms with Crippen LogP contribution in [-0.2, 0) is 4.79 Å². The number of rotatable bonds is 2. The number of carbonyl (C=O) groups excluding carboxylic acids is 1. The van der Waals surface area contributed by atoms with E-state index in [1.54, 1.807) is 4.90 Å². The van der Waals surface area contributed by atoms with Crippen LogP contribution in [0.3, 0.4) is 0 Å². The third-order valence-electron chi connectivity index (χ3n) is 4.09. The predicted octanol–water partition coefficient (Wildman–Crippen LogP) is 0.631. The maximum atomic E-state index is 12.2. The highest BCUT2D eigenvalue weighted by molar-refractivity contribution is 5.87.